The summed E-state index contributed by atoms with van der Waals surface area (Å²) in [5.41, 5.74) is 5.15. The Morgan fingerprint density at radius 1 is 1.80 bits per heavy atom. The van der Waals surface area contributed by atoms with Crippen LogP contribution < -0.4 is 11.3 Å². The maximum atomic E-state index is 11.0. The third kappa shape index (κ3) is 1.04. The van der Waals surface area contributed by atoms with Gasteiger partial charge in [0.2, 0.25) is 5.95 Å². The Hall–Kier alpha value is -0.840. The van der Waals surface area contributed by atoms with Gasteiger partial charge >= 0.3 is 0 Å². The molecule has 0 bridgehead atoms. The standard InChI is InChI=1S/C5H6BrN3O/c1-9-4(10)3(6)2-8-5(9)7/h2H,1H3,(H2,7,8). The van der Waals surface area contributed by atoms with E-state index in [2.05, 4.69) is 20.9 Å². The van der Waals surface area contributed by atoms with Gasteiger partial charge in [-0.15, -0.1) is 0 Å². The predicted octanol–water partition coefficient (Wildman–Crippen LogP) is 0.125. The number of aromatic nitrogens is 2. The van der Waals surface area contributed by atoms with Crippen LogP contribution in [0.15, 0.2) is 15.5 Å². The fourth-order valence-corrected chi connectivity index (χ4v) is 0.897. The summed E-state index contributed by atoms with van der Waals surface area (Å²) in [6, 6.07) is 0. The molecule has 1 aromatic rings. The SMILES string of the molecule is Cn1c(N)ncc(Br)c1=O. The second-order valence-electron chi connectivity index (χ2n) is 1.83. The number of halogens is 1. The molecule has 0 saturated carbocycles. The zero-order valence-electron chi connectivity index (χ0n) is 5.34. The van der Waals surface area contributed by atoms with Crippen molar-refractivity contribution in [3.8, 4) is 0 Å². The van der Waals surface area contributed by atoms with Gasteiger partial charge in [-0.25, -0.2) is 4.98 Å². The minimum atomic E-state index is -0.174. The molecule has 5 heteroatoms. The lowest BCUT2D eigenvalue weighted by molar-refractivity contribution is 0.835. The van der Waals surface area contributed by atoms with E-state index in [1.54, 1.807) is 7.05 Å². The summed E-state index contributed by atoms with van der Waals surface area (Å²) in [6.45, 7) is 0. The molecule has 0 aliphatic heterocycles. The second kappa shape index (κ2) is 2.42. The maximum absolute atomic E-state index is 11.0. The minimum absolute atomic E-state index is 0.174. The molecule has 0 radical (unpaired) electrons. The molecule has 0 atom stereocenters. The van der Waals surface area contributed by atoms with Gasteiger partial charge in [-0.1, -0.05) is 0 Å². The van der Waals surface area contributed by atoms with Crippen molar-refractivity contribution in [1.82, 2.24) is 9.55 Å². The van der Waals surface area contributed by atoms with E-state index in [4.69, 9.17) is 5.73 Å². The van der Waals surface area contributed by atoms with Crippen LogP contribution in [0, 0.1) is 0 Å². The number of nitrogens with two attached hydrogens (primary N) is 1. The molecule has 2 N–H and O–H groups in total. The van der Waals surface area contributed by atoms with Crippen molar-refractivity contribution in [1.29, 1.82) is 0 Å². The normalized spacial score (nSPS) is 9.80. The molecule has 1 rings (SSSR count). The van der Waals surface area contributed by atoms with Crippen LogP contribution >= 0.6 is 15.9 Å². The predicted molar refractivity (Wildman–Crippen MR) is 41.6 cm³/mol. The van der Waals surface area contributed by atoms with E-state index in [0.717, 1.165) is 0 Å². The van der Waals surface area contributed by atoms with Crippen molar-refractivity contribution >= 4 is 21.9 Å². The van der Waals surface area contributed by atoms with Crippen molar-refractivity contribution < 1.29 is 0 Å². The molecule has 0 saturated heterocycles. The highest BCUT2D eigenvalue weighted by Crippen LogP contribution is 2.00. The van der Waals surface area contributed by atoms with Gasteiger partial charge in [0.1, 0.15) is 4.47 Å². The minimum Gasteiger partial charge on any atom is -0.369 e. The molecular formula is C5H6BrN3O. The first kappa shape index (κ1) is 7.27. The van der Waals surface area contributed by atoms with E-state index < -0.39 is 0 Å². The fourth-order valence-electron chi connectivity index (χ4n) is 0.529. The van der Waals surface area contributed by atoms with Crippen LogP contribution in [0.25, 0.3) is 0 Å². The third-order valence-electron chi connectivity index (χ3n) is 1.16. The molecular weight excluding hydrogens is 198 g/mol. The van der Waals surface area contributed by atoms with Gasteiger partial charge in [0, 0.05) is 7.05 Å². The molecule has 0 spiro atoms. The lowest BCUT2D eigenvalue weighted by Crippen LogP contribution is -2.21. The summed E-state index contributed by atoms with van der Waals surface area (Å²) >= 11 is 3.03. The Morgan fingerprint density at radius 2 is 2.40 bits per heavy atom. The smallest absolute Gasteiger partial charge is 0.268 e. The van der Waals surface area contributed by atoms with E-state index in [0.29, 0.717) is 4.47 Å². The number of nitrogen functional groups attached to an aromatic ring is 1. The van der Waals surface area contributed by atoms with Gasteiger partial charge in [-0.3, -0.25) is 9.36 Å². The number of anilines is 1. The summed E-state index contributed by atoms with van der Waals surface area (Å²) in [4.78, 5) is 14.7. The van der Waals surface area contributed by atoms with Gasteiger partial charge in [-0.2, -0.15) is 0 Å². The molecule has 0 fully saturated rings. The molecule has 0 aliphatic carbocycles. The fraction of sp³-hybridized carbons (Fsp3) is 0.200. The number of hydrogen-bond donors (Lipinski definition) is 1. The molecule has 4 nitrogen and oxygen atoms in total. The van der Waals surface area contributed by atoms with Crippen molar-refractivity contribution in [3.63, 3.8) is 0 Å². The van der Waals surface area contributed by atoms with E-state index >= 15 is 0 Å². The highest BCUT2D eigenvalue weighted by molar-refractivity contribution is 9.10. The largest absolute Gasteiger partial charge is 0.369 e. The van der Waals surface area contributed by atoms with Gasteiger partial charge in [0.25, 0.3) is 5.56 Å². The molecule has 1 aromatic heterocycles. The van der Waals surface area contributed by atoms with Crippen LogP contribution in [0.1, 0.15) is 0 Å². The van der Waals surface area contributed by atoms with Crippen LogP contribution in [-0.4, -0.2) is 9.55 Å². The first-order valence-corrected chi connectivity index (χ1v) is 3.39. The lowest BCUT2D eigenvalue weighted by atomic mass is 10.6. The number of hydrogen-bond acceptors (Lipinski definition) is 3. The highest BCUT2D eigenvalue weighted by Gasteiger charge is 1.99. The zero-order valence-corrected chi connectivity index (χ0v) is 6.92. The van der Waals surface area contributed by atoms with Crippen molar-refractivity contribution in [2.24, 2.45) is 7.05 Å². The van der Waals surface area contributed by atoms with E-state index in [1.165, 1.54) is 10.8 Å². The lowest BCUT2D eigenvalue weighted by Gasteiger charge is -1.99. The summed E-state index contributed by atoms with van der Waals surface area (Å²) in [5.74, 6) is 0.216. The van der Waals surface area contributed by atoms with Crippen LogP contribution in [-0.2, 0) is 7.05 Å². The Morgan fingerprint density at radius 3 is 2.90 bits per heavy atom. The molecule has 0 amide bonds. The van der Waals surface area contributed by atoms with Gasteiger partial charge < -0.3 is 5.73 Å². The van der Waals surface area contributed by atoms with E-state index in [1.807, 2.05) is 0 Å². The van der Waals surface area contributed by atoms with Crippen LogP contribution in [0.2, 0.25) is 0 Å². The van der Waals surface area contributed by atoms with Crippen LogP contribution in [0.4, 0.5) is 5.95 Å². The van der Waals surface area contributed by atoms with Gasteiger partial charge in [0.15, 0.2) is 0 Å². The third-order valence-corrected chi connectivity index (χ3v) is 1.71. The zero-order chi connectivity index (χ0) is 7.72. The molecule has 0 aliphatic rings. The molecule has 54 valence electrons. The average Bonchev–Trinajstić information content (AvgIpc) is 1.93. The Bertz CT molecular complexity index is 306. The monoisotopic (exact) mass is 203 g/mol. The van der Waals surface area contributed by atoms with Crippen LogP contribution in [0.5, 0.6) is 0 Å². The summed E-state index contributed by atoms with van der Waals surface area (Å²) in [6.07, 6.45) is 1.39. The van der Waals surface area contributed by atoms with E-state index in [9.17, 15) is 4.79 Å². The average molecular weight is 204 g/mol. The second-order valence-corrected chi connectivity index (χ2v) is 2.68. The number of nitrogens with zero attached hydrogens (tertiary/aromatic N) is 2. The first-order valence-electron chi connectivity index (χ1n) is 2.60. The molecule has 0 unspecified atom stereocenters. The van der Waals surface area contributed by atoms with E-state index in [-0.39, 0.29) is 11.5 Å². The molecule has 10 heavy (non-hydrogen) atoms. The summed E-state index contributed by atoms with van der Waals surface area (Å²) in [7, 11) is 1.56. The quantitative estimate of drug-likeness (QED) is 0.653. The van der Waals surface area contributed by atoms with Gasteiger partial charge in [-0.05, 0) is 15.9 Å². The first-order chi connectivity index (χ1) is 4.63. The molecule has 1 heterocycles. The van der Waals surface area contributed by atoms with Crippen molar-refractivity contribution in [2.45, 2.75) is 0 Å². The summed E-state index contributed by atoms with van der Waals surface area (Å²) < 4.78 is 1.69. The van der Waals surface area contributed by atoms with Crippen molar-refractivity contribution in [2.75, 3.05) is 5.73 Å². The molecule has 0 aromatic carbocycles. The Balaban J connectivity index is 3.50. The van der Waals surface area contributed by atoms with Crippen LogP contribution in [0.3, 0.4) is 0 Å². The number of rotatable bonds is 0. The Kier molecular flexibility index (Phi) is 1.76. The van der Waals surface area contributed by atoms with Gasteiger partial charge in [0.05, 0.1) is 6.20 Å². The summed E-state index contributed by atoms with van der Waals surface area (Å²) in [5, 5.41) is 0. The highest BCUT2D eigenvalue weighted by atomic mass is 79.9. The maximum Gasteiger partial charge on any atom is 0.268 e. The topological polar surface area (TPSA) is 60.9 Å². The van der Waals surface area contributed by atoms with Crippen molar-refractivity contribution in [3.05, 3.63) is 21.0 Å². The Labute approximate surface area is 65.8 Å².